The Balaban J connectivity index is 2.34. The van der Waals surface area contributed by atoms with Gasteiger partial charge in [-0.2, -0.15) is 0 Å². The molecule has 3 nitrogen and oxygen atoms in total. The molecule has 3 heteroatoms. The van der Waals surface area contributed by atoms with E-state index in [9.17, 15) is 0 Å². The first-order valence-electron chi connectivity index (χ1n) is 7.00. The molecule has 0 saturated carbocycles. The van der Waals surface area contributed by atoms with Crippen LogP contribution in [0, 0.1) is 0 Å². The van der Waals surface area contributed by atoms with Crippen molar-refractivity contribution in [3.8, 4) is 0 Å². The first kappa shape index (κ1) is 12.1. The molecule has 0 aliphatic carbocycles. The highest BCUT2D eigenvalue weighted by Gasteiger charge is 2.27. The van der Waals surface area contributed by atoms with Gasteiger partial charge in [-0.1, -0.05) is 48.5 Å². The molecule has 102 valence electrons. The van der Waals surface area contributed by atoms with E-state index < -0.39 is 0 Å². The van der Waals surface area contributed by atoms with Gasteiger partial charge in [0.1, 0.15) is 11.7 Å². The average Bonchev–Trinajstić information content (AvgIpc) is 2.94. The highest BCUT2D eigenvalue weighted by molar-refractivity contribution is 6.36. The second-order valence-corrected chi connectivity index (χ2v) is 5.11. The molecule has 1 N–H and O–H groups in total. The quantitative estimate of drug-likeness (QED) is 0.627. The zero-order valence-corrected chi connectivity index (χ0v) is 12.0. The minimum Gasteiger partial charge on any atom is -0.324 e. The van der Waals surface area contributed by atoms with E-state index >= 15 is 0 Å². The molecule has 0 spiro atoms. The Kier molecular flexibility index (Phi) is 2.54. The lowest BCUT2D eigenvalue weighted by molar-refractivity contribution is 1.29. The SMILES string of the molecule is C/N=C1\N/C(=N\C)c2c1c1ccccc1c1ccccc21. The zero-order chi connectivity index (χ0) is 14.4. The molecule has 0 atom stereocenters. The van der Waals surface area contributed by atoms with Crippen LogP contribution in [-0.2, 0) is 0 Å². The van der Waals surface area contributed by atoms with Crippen LogP contribution in [0.5, 0.6) is 0 Å². The van der Waals surface area contributed by atoms with Gasteiger partial charge in [0.2, 0.25) is 0 Å². The maximum Gasteiger partial charge on any atom is 0.135 e. The fourth-order valence-electron chi connectivity index (χ4n) is 3.21. The highest BCUT2D eigenvalue weighted by Crippen LogP contribution is 2.35. The van der Waals surface area contributed by atoms with Gasteiger partial charge in [-0.3, -0.25) is 9.98 Å². The lowest BCUT2D eigenvalue weighted by Gasteiger charge is -2.10. The molecule has 21 heavy (non-hydrogen) atoms. The summed E-state index contributed by atoms with van der Waals surface area (Å²) >= 11 is 0. The third-order valence-corrected chi connectivity index (χ3v) is 4.09. The summed E-state index contributed by atoms with van der Waals surface area (Å²) in [6, 6.07) is 17.0. The van der Waals surface area contributed by atoms with Crippen molar-refractivity contribution in [2.75, 3.05) is 14.1 Å². The minimum absolute atomic E-state index is 0.896. The molecule has 0 bridgehead atoms. The van der Waals surface area contributed by atoms with Crippen molar-refractivity contribution in [1.29, 1.82) is 0 Å². The van der Waals surface area contributed by atoms with Crippen LogP contribution in [0.1, 0.15) is 11.1 Å². The molecule has 1 heterocycles. The molecular formula is C18H15N3. The van der Waals surface area contributed by atoms with Gasteiger partial charge in [-0.15, -0.1) is 0 Å². The Morgan fingerprint density at radius 2 is 1.00 bits per heavy atom. The summed E-state index contributed by atoms with van der Waals surface area (Å²) in [4.78, 5) is 8.82. The molecule has 0 saturated heterocycles. The number of amidine groups is 2. The number of hydrogen-bond acceptors (Lipinski definition) is 2. The van der Waals surface area contributed by atoms with Crippen LogP contribution in [0.4, 0.5) is 0 Å². The summed E-state index contributed by atoms with van der Waals surface area (Å²) in [7, 11) is 3.63. The second-order valence-electron chi connectivity index (χ2n) is 5.11. The Bertz CT molecular complexity index is 859. The van der Waals surface area contributed by atoms with Gasteiger partial charge in [0.15, 0.2) is 0 Å². The van der Waals surface area contributed by atoms with Crippen molar-refractivity contribution >= 4 is 33.2 Å². The van der Waals surface area contributed by atoms with Crippen LogP contribution in [0.3, 0.4) is 0 Å². The molecule has 0 aromatic heterocycles. The molecule has 0 fully saturated rings. The standard InChI is InChI=1S/C18H15N3/c1-19-17-15-13-9-5-3-7-11(13)12-8-4-6-10-14(12)16(15)18(20-2)21-17/h3-10H,1-2H3,(H,19,20,21). The lowest BCUT2D eigenvalue weighted by Crippen LogP contribution is -2.22. The number of aliphatic imine (C=N–C) groups is 2. The van der Waals surface area contributed by atoms with Gasteiger partial charge in [-0.05, 0) is 21.5 Å². The third kappa shape index (κ3) is 1.54. The van der Waals surface area contributed by atoms with Gasteiger partial charge in [0.05, 0.1) is 0 Å². The van der Waals surface area contributed by atoms with Crippen molar-refractivity contribution in [2.24, 2.45) is 9.98 Å². The van der Waals surface area contributed by atoms with Crippen molar-refractivity contribution in [1.82, 2.24) is 5.32 Å². The average molecular weight is 273 g/mol. The molecule has 1 aliphatic heterocycles. The molecule has 0 radical (unpaired) electrons. The van der Waals surface area contributed by atoms with E-state index in [2.05, 4.69) is 63.8 Å². The number of benzene rings is 3. The van der Waals surface area contributed by atoms with Crippen LogP contribution in [0.2, 0.25) is 0 Å². The Hall–Kier alpha value is -2.68. The molecule has 0 amide bonds. The van der Waals surface area contributed by atoms with Crippen molar-refractivity contribution in [2.45, 2.75) is 0 Å². The smallest absolute Gasteiger partial charge is 0.135 e. The Labute approximate surface area is 123 Å². The summed E-state index contributed by atoms with van der Waals surface area (Å²) in [5.41, 5.74) is 2.32. The normalized spacial score (nSPS) is 17.6. The predicted molar refractivity (Wildman–Crippen MR) is 89.5 cm³/mol. The van der Waals surface area contributed by atoms with Gasteiger partial charge in [-0.25, -0.2) is 0 Å². The number of nitrogens with one attached hydrogen (secondary N) is 1. The van der Waals surface area contributed by atoms with Gasteiger partial charge in [0, 0.05) is 25.2 Å². The van der Waals surface area contributed by atoms with Crippen molar-refractivity contribution < 1.29 is 0 Å². The highest BCUT2D eigenvalue weighted by atomic mass is 15.1. The van der Waals surface area contributed by atoms with Crippen molar-refractivity contribution in [3.05, 3.63) is 59.7 Å². The maximum atomic E-state index is 4.41. The van der Waals surface area contributed by atoms with Crippen LogP contribution in [-0.4, -0.2) is 25.8 Å². The van der Waals surface area contributed by atoms with Gasteiger partial charge in [0.25, 0.3) is 0 Å². The van der Waals surface area contributed by atoms with E-state index in [1.807, 2.05) is 14.1 Å². The number of fused-ring (bicyclic) bond motifs is 6. The fourth-order valence-corrected chi connectivity index (χ4v) is 3.21. The third-order valence-electron chi connectivity index (χ3n) is 4.09. The summed E-state index contributed by atoms with van der Waals surface area (Å²) in [6.45, 7) is 0. The van der Waals surface area contributed by atoms with Gasteiger partial charge < -0.3 is 5.32 Å². The molecule has 0 unspecified atom stereocenters. The van der Waals surface area contributed by atoms with Crippen LogP contribution >= 0.6 is 0 Å². The molecule has 3 aromatic rings. The van der Waals surface area contributed by atoms with Crippen LogP contribution in [0.25, 0.3) is 21.5 Å². The molecule has 4 rings (SSSR count). The largest absolute Gasteiger partial charge is 0.324 e. The number of hydrogen-bond donors (Lipinski definition) is 1. The Morgan fingerprint density at radius 1 is 0.619 bits per heavy atom. The van der Waals surface area contributed by atoms with E-state index in [1.165, 1.54) is 21.5 Å². The number of rotatable bonds is 0. The van der Waals surface area contributed by atoms with E-state index in [1.54, 1.807) is 0 Å². The zero-order valence-electron chi connectivity index (χ0n) is 12.0. The first-order valence-corrected chi connectivity index (χ1v) is 7.00. The van der Waals surface area contributed by atoms with E-state index in [0.29, 0.717) is 0 Å². The molecule has 3 aromatic carbocycles. The summed E-state index contributed by atoms with van der Waals surface area (Å²) in [5.74, 6) is 1.79. The van der Waals surface area contributed by atoms with Crippen LogP contribution < -0.4 is 5.32 Å². The topological polar surface area (TPSA) is 36.8 Å². The second kappa shape index (κ2) is 4.42. The summed E-state index contributed by atoms with van der Waals surface area (Å²) in [6.07, 6.45) is 0. The first-order chi connectivity index (χ1) is 10.3. The van der Waals surface area contributed by atoms with Crippen LogP contribution in [0.15, 0.2) is 58.5 Å². The predicted octanol–water partition coefficient (Wildman–Crippen LogP) is 3.35. The maximum absolute atomic E-state index is 4.41. The molecular weight excluding hydrogens is 258 g/mol. The lowest BCUT2D eigenvalue weighted by atomic mass is 9.92. The Morgan fingerprint density at radius 3 is 1.38 bits per heavy atom. The van der Waals surface area contributed by atoms with E-state index in [-0.39, 0.29) is 0 Å². The monoisotopic (exact) mass is 273 g/mol. The number of nitrogens with zero attached hydrogens (tertiary/aromatic N) is 2. The summed E-state index contributed by atoms with van der Waals surface area (Å²) in [5, 5.41) is 8.29. The fraction of sp³-hybridized carbons (Fsp3) is 0.111. The van der Waals surface area contributed by atoms with E-state index in [0.717, 1.165) is 22.8 Å². The van der Waals surface area contributed by atoms with E-state index in [4.69, 9.17) is 0 Å². The minimum atomic E-state index is 0.896. The molecule has 1 aliphatic rings. The van der Waals surface area contributed by atoms with Gasteiger partial charge >= 0.3 is 0 Å². The summed E-state index contributed by atoms with van der Waals surface area (Å²) < 4.78 is 0. The van der Waals surface area contributed by atoms with Crippen molar-refractivity contribution in [3.63, 3.8) is 0 Å².